The number of nitrogens with one attached hydrogen (secondary N) is 1. The first-order valence-electron chi connectivity index (χ1n) is 11.2. The van der Waals surface area contributed by atoms with E-state index in [2.05, 4.69) is 9.97 Å². The number of benzene rings is 2. The summed E-state index contributed by atoms with van der Waals surface area (Å²) in [5.74, 6) is -1.92. The van der Waals surface area contributed by atoms with Gasteiger partial charge in [0.1, 0.15) is 17.4 Å². The zero-order valence-electron chi connectivity index (χ0n) is 19.2. The smallest absolute Gasteiger partial charge is 0.320 e. The number of carboxylic acid groups (broad SMARTS) is 1. The van der Waals surface area contributed by atoms with Crippen molar-refractivity contribution in [1.82, 2.24) is 9.97 Å². The Morgan fingerprint density at radius 3 is 2.74 bits per heavy atom. The van der Waals surface area contributed by atoms with Gasteiger partial charge in [-0.2, -0.15) is 0 Å². The summed E-state index contributed by atoms with van der Waals surface area (Å²) in [5.41, 5.74) is 5.39. The van der Waals surface area contributed by atoms with E-state index in [1.54, 1.807) is 32.6 Å². The van der Waals surface area contributed by atoms with E-state index in [1.165, 1.54) is 0 Å². The Morgan fingerprint density at radius 1 is 1.24 bits per heavy atom. The van der Waals surface area contributed by atoms with Crippen molar-refractivity contribution >= 4 is 28.7 Å². The number of nitrogens with zero attached hydrogens (tertiary/aromatic N) is 2. The highest BCUT2D eigenvalue weighted by Gasteiger charge is 2.47. The van der Waals surface area contributed by atoms with E-state index in [1.807, 2.05) is 66.8 Å². The molecule has 1 aromatic heterocycles. The summed E-state index contributed by atoms with van der Waals surface area (Å²) in [6.07, 6.45) is 12.5. The maximum absolute atomic E-state index is 14.0. The van der Waals surface area contributed by atoms with Crippen molar-refractivity contribution < 1.29 is 14.7 Å². The molecular formula is C27H28N4O3. The van der Waals surface area contributed by atoms with Crippen molar-refractivity contribution in [1.29, 1.82) is 0 Å². The van der Waals surface area contributed by atoms with Crippen LogP contribution in [0.5, 0.6) is 0 Å². The molecule has 0 fully saturated rings. The molecule has 4 rings (SSSR count). The first-order chi connectivity index (χ1) is 16.2. The minimum Gasteiger partial charge on any atom is -0.480 e. The fraction of sp³-hybridized carbons (Fsp3) is 0.259. The van der Waals surface area contributed by atoms with Gasteiger partial charge in [0.25, 0.3) is 0 Å². The molecule has 0 bridgehead atoms. The first-order valence-corrected chi connectivity index (χ1v) is 11.2. The van der Waals surface area contributed by atoms with E-state index in [9.17, 15) is 14.7 Å². The summed E-state index contributed by atoms with van der Waals surface area (Å²) >= 11 is 0. The van der Waals surface area contributed by atoms with Gasteiger partial charge in [0.05, 0.1) is 24.1 Å². The molecular weight excluding hydrogens is 428 g/mol. The van der Waals surface area contributed by atoms with Crippen LogP contribution in [0.15, 0.2) is 84.3 Å². The Bertz CT molecular complexity index is 1280. The SMILES string of the molecule is CC(C)(CC(N)C(=O)O)C(=O)C1C=CC=CC1(N=Cc1cnc[nH]1)c1cccc2ccccc12. The normalized spacial score (nSPS) is 21.2. The van der Waals surface area contributed by atoms with Gasteiger partial charge in [0, 0.05) is 11.6 Å². The van der Waals surface area contributed by atoms with Gasteiger partial charge in [-0.25, -0.2) is 4.98 Å². The van der Waals surface area contributed by atoms with Crippen LogP contribution in [0.25, 0.3) is 10.8 Å². The number of ketones is 1. The van der Waals surface area contributed by atoms with Gasteiger partial charge in [-0.3, -0.25) is 14.6 Å². The van der Waals surface area contributed by atoms with Crippen LogP contribution in [0, 0.1) is 11.3 Å². The van der Waals surface area contributed by atoms with E-state index in [0.29, 0.717) is 5.69 Å². The number of Topliss-reactive ketones (excluding diaryl/α,β-unsaturated/α-hetero) is 1. The Kier molecular flexibility index (Phi) is 6.30. The van der Waals surface area contributed by atoms with Crippen LogP contribution in [-0.2, 0) is 15.1 Å². The van der Waals surface area contributed by atoms with Crippen molar-refractivity contribution in [3.8, 4) is 0 Å². The Hall–Kier alpha value is -3.84. The molecule has 0 saturated carbocycles. The third kappa shape index (κ3) is 4.34. The van der Waals surface area contributed by atoms with Gasteiger partial charge in [0.15, 0.2) is 0 Å². The second kappa shape index (κ2) is 9.19. The number of aromatic amines is 1. The lowest BCUT2D eigenvalue weighted by Gasteiger charge is -2.39. The minimum atomic E-state index is -1.14. The molecule has 3 aromatic rings. The second-order valence-electron chi connectivity index (χ2n) is 9.24. The molecule has 1 heterocycles. The maximum Gasteiger partial charge on any atom is 0.320 e. The van der Waals surface area contributed by atoms with Gasteiger partial charge >= 0.3 is 5.97 Å². The molecule has 4 N–H and O–H groups in total. The number of fused-ring (bicyclic) bond motifs is 1. The number of rotatable bonds is 8. The number of hydrogen-bond acceptors (Lipinski definition) is 5. The third-order valence-electron chi connectivity index (χ3n) is 6.39. The molecule has 34 heavy (non-hydrogen) atoms. The van der Waals surface area contributed by atoms with Crippen molar-refractivity contribution in [3.05, 3.63) is 90.6 Å². The number of allylic oxidation sites excluding steroid dienone is 2. The van der Waals surface area contributed by atoms with Gasteiger partial charge in [-0.15, -0.1) is 0 Å². The molecule has 174 valence electrons. The average Bonchev–Trinajstić information content (AvgIpc) is 3.35. The molecule has 0 amide bonds. The van der Waals surface area contributed by atoms with Crippen LogP contribution in [0.1, 0.15) is 31.5 Å². The number of carbonyl (C=O) groups excluding carboxylic acids is 1. The molecule has 7 nitrogen and oxygen atoms in total. The molecule has 1 aliphatic carbocycles. The van der Waals surface area contributed by atoms with Crippen molar-refractivity contribution in [2.75, 3.05) is 0 Å². The lowest BCUT2D eigenvalue weighted by molar-refractivity contribution is -0.140. The second-order valence-corrected chi connectivity index (χ2v) is 9.24. The Morgan fingerprint density at radius 2 is 2.00 bits per heavy atom. The summed E-state index contributed by atoms with van der Waals surface area (Å²) in [7, 11) is 0. The standard InChI is InChI=1S/C27H28N4O3/c1-26(2,14-23(28)25(33)34)24(32)22-11-5-6-13-27(22,31-16-19-15-29-17-30-19)21-12-7-9-18-8-3-4-10-20(18)21/h3-13,15-17,22-23H,14,28H2,1-2H3,(H,29,30)(H,33,34). The van der Waals surface area contributed by atoms with E-state index >= 15 is 0 Å². The summed E-state index contributed by atoms with van der Waals surface area (Å²) in [6, 6.07) is 12.8. The first kappa shape index (κ1) is 23.3. The molecule has 1 aliphatic rings. The van der Waals surface area contributed by atoms with E-state index in [0.717, 1.165) is 16.3 Å². The van der Waals surface area contributed by atoms with Crippen LogP contribution in [0.2, 0.25) is 0 Å². The third-order valence-corrected chi connectivity index (χ3v) is 6.39. The summed E-state index contributed by atoms with van der Waals surface area (Å²) in [6.45, 7) is 3.49. The van der Waals surface area contributed by atoms with Gasteiger partial charge < -0.3 is 15.8 Å². The molecule has 7 heteroatoms. The molecule has 0 saturated heterocycles. The van der Waals surface area contributed by atoms with Crippen molar-refractivity contribution in [3.63, 3.8) is 0 Å². The van der Waals surface area contributed by atoms with Crippen LogP contribution in [0.4, 0.5) is 0 Å². The number of nitrogens with two attached hydrogens (primary N) is 1. The summed E-state index contributed by atoms with van der Waals surface area (Å²) in [5, 5.41) is 11.4. The van der Waals surface area contributed by atoms with E-state index in [-0.39, 0.29) is 12.2 Å². The highest BCUT2D eigenvalue weighted by molar-refractivity contribution is 5.94. The highest BCUT2D eigenvalue weighted by Crippen LogP contribution is 2.45. The number of hydrogen-bond donors (Lipinski definition) is 3. The molecule has 2 aromatic carbocycles. The minimum absolute atomic E-state index is 0.0189. The largest absolute Gasteiger partial charge is 0.480 e. The predicted molar refractivity (Wildman–Crippen MR) is 133 cm³/mol. The van der Waals surface area contributed by atoms with Gasteiger partial charge in [-0.05, 0) is 22.8 Å². The summed E-state index contributed by atoms with van der Waals surface area (Å²) < 4.78 is 0. The lowest BCUT2D eigenvalue weighted by Crippen LogP contribution is -2.46. The van der Waals surface area contributed by atoms with Crippen molar-refractivity contribution in [2.45, 2.75) is 31.8 Å². The van der Waals surface area contributed by atoms with Crippen LogP contribution in [0.3, 0.4) is 0 Å². The highest BCUT2D eigenvalue weighted by atomic mass is 16.4. The number of imidazole rings is 1. The number of aromatic nitrogens is 2. The molecule has 3 atom stereocenters. The molecule has 3 unspecified atom stereocenters. The summed E-state index contributed by atoms with van der Waals surface area (Å²) in [4.78, 5) is 37.5. The Labute approximate surface area is 198 Å². The number of aliphatic imine (C=N–C) groups is 1. The van der Waals surface area contributed by atoms with Crippen LogP contribution < -0.4 is 5.73 Å². The van der Waals surface area contributed by atoms with E-state index < -0.39 is 28.9 Å². The monoisotopic (exact) mass is 456 g/mol. The lowest BCUT2D eigenvalue weighted by atomic mass is 9.66. The topological polar surface area (TPSA) is 121 Å². The Balaban J connectivity index is 1.89. The maximum atomic E-state index is 14.0. The number of H-pyrrole nitrogens is 1. The number of aliphatic carboxylic acids is 1. The van der Waals surface area contributed by atoms with E-state index in [4.69, 9.17) is 10.7 Å². The average molecular weight is 457 g/mol. The fourth-order valence-electron chi connectivity index (χ4n) is 4.61. The fourth-order valence-corrected chi connectivity index (χ4v) is 4.61. The van der Waals surface area contributed by atoms with Gasteiger partial charge in [0.2, 0.25) is 0 Å². The quantitative estimate of drug-likeness (QED) is 0.442. The molecule has 0 radical (unpaired) electrons. The zero-order valence-corrected chi connectivity index (χ0v) is 19.2. The predicted octanol–water partition coefficient (Wildman–Crippen LogP) is 4.02. The number of carbonyl (C=O) groups is 2. The van der Waals surface area contributed by atoms with Crippen molar-refractivity contribution in [2.24, 2.45) is 22.1 Å². The van der Waals surface area contributed by atoms with Gasteiger partial charge in [-0.1, -0.05) is 80.6 Å². The molecule has 0 spiro atoms. The number of carboxylic acids is 1. The molecule has 0 aliphatic heterocycles. The zero-order chi connectivity index (χ0) is 24.3. The van der Waals surface area contributed by atoms with Crippen LogP contribution in [-0.4, -0.2) is 39.1 Å². The van der Waals surface area contributed by atoms with Crippen LogP contribution >= 0.6 is 0 Å².